The molecule has 164 valence electrons. The molecule has 6 heteroatoms. The SMILES string of the molecule is Cc1cccc(-c2ccc(/C(N)=N/O)c(NC(=O)c3cccc(N4CCCCC4)c3)c2)c1. The molecule has 1 heterocycles. The molecule has 0 radical (unpaired) electrons. The van der Waals surface area contributed by atoms with E-state index in [1.807, 2.05) is 55.5 Å². The average Bonchev–Trinajstić information content (AvgIpc) is 2.84. The molecule has 0 aliphatic carbocycles. The van der Waals surface area contributed by atoms with Crippen molar-refractivity contribution >= 4 is 23.1 Å². The molecule has 0 saturated carbocycles. The normalized spacial score (nSPS) is 14.3. The van der Waals surface area contributed by atoms with Gasteiger partial charge in [0.05, 0.1) is 5.69 Å². The molecule has 3 aromatic rings. The number of amides is 1. The zero-order valence-electron chi connectivity index (χ0n) is 18.2. The van der Waals surface area contributed by atoms with Crippen molar-refractivity contribution in [1.82, 2.24) is 0 Å². The van der Waals surface area contributed by atoms with Crippen molar-refractivity contribution in [2.45, 2.75) is 26.2 Å². The van der Waals surface area contributed by atoms with E-state index < -0.39 is 0 Å². The van der Waals surface area contributed by atoms with Gasteiger partial charge >= 0.3 is 0 Å². The topological polar surface area (TPSA) is 91.0 Å². The Kier molecular flexibility index (Phi) is 6.40. The van der Waals surface area contributed by atoms with Crippen LogP contribution in [0, 0.1) is 6.92 Å². The van der Waals surface area contributed by atoms with E-state index in [9.17, 15) is 10.0 Å². The van der Waals surface area contributed by atoms with Gasteiger partial charge in [-0.05, 0) is 67.6 Å². The molecule has 0 atom stereocenters. The van der Waals surface area contributed by atoms with E-state index in [0.29, 0.717) is 16.8 Å². The molecule has 0 bridgehead atoms. The maximum Gasteiger partial charge on any atom is 0.255 e. The Hall–Kier alpha value is -3.80. The van der Waals surface area contributed by atoms with Crippen LogP contribution in [0.2, 0.25) is 0 Å². The molecular weight excluding hydrogens is 400 g/mol. The Morgan fingerprint density at radius 2 is 1.72 bits per heavy atom. The number of aryl methyl sites for hydroxylation is 1. The number of nitrogens with one attached hydrogen (secondary N) is 1. The highest BCUT2D eigenvalue weighted by atomic mass is 16.4. The first-order chi connectivity index (χ1) is 15.5. The lowest BCUT2D eigenvalue weighted by Gasteiger charge is -2.29. The standard InChI is InChI=1S/C26H28N4O2/c1-18-7-5-8-19(15-18)20-11-12-23(25(27)29-32)24(17-20)28-26(31)21-9-6-10-22(16-21)30-13-3-2-4-14-30/h5-12,15-17,32H,2-4,13-14H2,1H3,(H2,27,29)(H,28,31). The Labute approximate surface area is 188 Å². The van der Waals surface area contributed by atoms with Crippen LogP contribution in [0.3, 0.4) is 0 Å². The van der Waals surface area contributed by atoms with Gasteiger partial charge in [0.25, 0.3) is 5.91 Å². The molecule has 0 aromatic heterocycles. The first kappa shape index (κ1) is 21.4. The third-order valence-corrected chi connectivity index (χ3v) is 5.83. The Morgan fingerprint density at radius 3 is 2.47 bits per heavy atom. The first-order valence-electron chi connectivity index (χ1n) is 10.9. The lowest BCUT2D eigenvalue weighted by atomic mass is 10.00. The summed E-state index contributed by atoms with van der Waals surface area (Å²) in [5.41, 5.74) is 11.6. The molecule has 3 aromatic carbocycles. The van der Waals surface area contributed by atoms with Crippen LogP contribution in [-0.4, -0.2) is 30.0 Å². The van der Waals surface area contributed by atoms with E-state index in [2.05, 4.69) is 21.4 Å². The molecule has 0 spiro atoms. The van der Waals surface area contributed by atoms with Crippen molar-refractivity contribution in [3.05, 3.63) is 83.4 Å². The minimum Gasteiger partial charge on any atom is -0.409 e. The van der Waals surface area contributed by atoms with Crippen LogP contribution < -0.4 is 16.0 Å². The van der Waals surface area contributed by atoms with Crippen molar-refractivity contribution in [2.75, 3.05) is 23.3 Å². The van der Waals surface area contributed by atoms with Gasteiger partial charge in [-0.25, -0.2) is 0 Å². The van der Waals surface area contributed by atoms with Gasteiger partial charge in [0, 0.05) is 29.9 Å². The monoisotopic (exact) mass is 428 g/mol. The van der Waals surface area contributed by atoms with Crippen molar-refractivity contribution in [2.24, 2.45) is 10.9 Å². The number of carbonyl (C=O) groups is 1. The largest absolute Gasteiger partial charge is 0.409 e. The Morgan fingerprint density at radius 1 is 0.969 bits per heavy atom. The van der Waals surface area contributed by atoms with Crippen LogP contribution in [0.1, 0.15) is 40.7 Å². The third kappa shape index (κ3) is 4.75. The molecule has 1 aliphatic rings. The smallest absolute Gasteiger partial charge is 0.255 e. The van der Waals surface area contributed by atoms with Gasteiger partial charge in [-0.3, -0.25) is 4.79 Å². The zero-order valence-corrected chi connectivity index (χ0v) is 18.2. The summed E-state index contributed by atoms with van der Waals surface area (Å²) in [7, 11) is 0. The van der Waals surface area contributed by atoms with Crippen LogP contribution in [-0.2, 0) is 0 Å². The maximum absolute atomic E-state index is 13.1. The number of amidine groups is 1. The molecule has 1 aliphatic heterocycles. The number of anilines is 2. The zero-order chi connectivity index (χ0) is 22.5. The number of hydrogen-bond donors (Lipinski definition) is 3. The number of nitrogens with two attached hydrogens (primary N) is 1. The molecule has 6 nitrogen and oxygen atoms in total. The van der Waals surface area contributed by atoms with Crippen LogP contribution in [0.4, 0.5) is 11.4 Å². The Bertz CT molecular complexity index is 1150. The highest BCUT2D eigenvalue weighted by Crippen LogP contribution is 2.28. The number of rotatable bonds is 5. The van der Waals surface area contributed by atoms with Gasteiger partial charge in [-0.15, -0.1) is 0 Å². The number of hydrogen-bond acceptors (Lipinski definition) is 4. The third-order valence-electron chi connectivity index (χ3n) is 5.83. The van der Waals surface area contributed by atoms with Crippen molar-refractivity contribution in [1.29, 1.82) is 0 Å². The molecular formula is C26H28N4O2. The van der Waals surface area contributed by atoms with Gasteiger partial charge < -0.3 is 21.2 Å². The summed E-state index contributed by atoms with van der Waals surface area (Å²) in [5.74, 6) is -0.296. The highest BCUT2D eigenvalue weighted by Gasteiger charge is 2.16. The van der Waals surface area contributed by atoms with Crippen molar-refractivity contribution in [3.8, 4) is 11.1 Å². The molecule has 1 saturated heterocycles. The Balaban J connectivity index is 1.65. The molecule has 1 amide bonds. The van der Waals surface area contributed by atoms with E-state index in [4.69, 9.17) is 5.73 Å². The number of benzene rings is 3. The fourth-order valence-corrected chi connectivity index (χ4v) is 4.12. The molecule has 4 N–H and O–H groups in total. The summed E-state index contributed by atoms with van der Waals surface area (Å²) in [4.78, 5) is 15.5. The molecule has 32 heavy (non-hydrogen) atoms. The predicted octanol–water partition coefficient (Wildman–Crippen LogP) is 5.00. The first-order valence-corrected chi connectivity index (χ1v) is 10.9. The summed E-state index contributed by atoms with van der Waals surface area (Å²) < 4.78 is 0. The van der Waals surface area contributed by atoms with E-state index in [1.165, 1.54) is 19.3 Å². The number of carbonyl (C=O) groups excluding carboxylic acids is 1. The molecule has 0 unspecified atom stereocenters. The van der Waals surface area contributed by atoms with Crippen LogP contribution in [0.15, 0.2) is 71.9 Å². The van der Waals surface area contributed by atoms with Gasteiger partial charge in [-0.1, -0.05) is 47.1 Å². The van der Waals surface area contributed by atoms with Crippen LogP contribution in [0.5, 0.6) is 0 Å². The van der Waals surface area contributed by atoms with E-state index >= 15 is 0 Å². The van der Waals surface area contributed by atoms with Crippen molar-refractivity contribution < 1.29 is 10.0 Å². The molecule has 4 rings (SSSR count). The van der Waals surface area contributed by atoms with Gasteiger partial charge in [0.2, 0.25) is 0 Å². The lowest BCUT2D eigenvalue weighted by Crippen LogP contribution is -2.29. The van der Waals surface area contributed by atoms with Gasteiger partial charge in [-0.2, -0.15) is 0 Å². The number of oxime groups is 1. The second-order valence-electron chi connectivity index (χ2n) is 8.17. The summed E-state index contributed by atoms with van der Waals surface area (Å²) in [6.45, 7) is 4.06. The summed E-state index contributed by atoms with van der Waals surface area (Å²) in [6.07, 6.45) is 3.60. The summed E-state index contributed by atoms with van der Waals surface area (Å²) in [5, 5.41) is 15.3. The van der Waals surface area contributed by atoms with Gasteiger partial charge in [0.15, 0.2) is 5.84 Å². The van der Waals surface area contributed by atoms with E-state index in [-0.39, 0.29) is 11.7 Å². The minimum absolute atomic E-state index is 0.0573. The fourth-order valence-electron chi connectivity index (χ4n) is 4.12. The second-order valence-corrected chi connectivity index (χ2v) is 8.17. The lowest BCUT2D eigenvalue weighted by molar-refractivity contribution is 0.102. The second kappa shape index (κ2) is 9.56. The summed E-state index contributed by atoms with van der Waals surface area (Å²) in [6, 6.07) is 21.3. The highest BCUT2D eigenvalue weighted by molar-refractivity contribution is 6.10. The number of nitrogens with zero attached hydrogens (tertiary/aromatic N) is 2. The van der Waals surface area contributed by atoms with E-state index in [0.717, 1.165) is 35.5 Å². The average molecular weight is 429 g/mol. The van der Waals surface area contributed by atoms with Crippen LogP contribution >= 0.6 is 0 Å². The van der Waals surface area contributed by atoms with Crippen LogP contribution in [0.25, 0.3) is 11.1 Å². The summed E-state index contributed by atoms with van der Waals surface area (Å²) >= 11 is 0. The quantitative estimate of drug-likeness (QED) is 0.231. The van der Waals surface area contributed by atoms with Crippen molar-refractivity contribution in [3.63, 3.8) is 0 Å². The molecule has 1 fully saturated rings. The predicted molar refractivity (Wildman–Crippen MR) is 130 cm³/mol. The maximum atomic E-state index is 13.1. The number of piperidine rings is 1. The van der Waals surface area contributed by atoms with E-state index in [1.54, 1.807) is 12.1 Å². The minimum atomic E-state index is -0.239. The van der Waals surface area contributed by atoms with Gasteiger partial charge in [0.1, 0.15) is 0 Å². The fraction of sp³-hybridized carbons (Fsp3) is 0.231.